The van der Waals surface area contributed by atoms with Crippen LogP contribution in [-0.2, 0) is 0 Å². The number of unbranched alkanes of at least 4 members (excludes halogenated alkanes) is 2. The van der Waals surface area contributed by atoms with Gasteiger partial charge in [-0.15, -0.1) is 6.10 Å². The van der Waals surface area contributed by atoms with E-state index in [1.165, 1.54) is 12.8 Å². The fraction of sp³-hybridized carbons (Fsp3) is 1.00. The van der Waals surface area contributed by atoms with Crippen LogP contribution in [0.2, 0.25) is 0 Å². The van der Waals surface area contributed by atoms with Crippen molar-refractivity contribution in [2.24, 2.45) is 0 Å². The quantitative estimate of drug-likeness (QED) is 0.411. The molecule has 0 aromatic rings. The minimum Gasteiger partial charge on any atom is -1.00 e. The third-order valence-electron chi connectivity index (χ3n) is 1.58. The van der Waals surface area contributed by atoms with E-state index in [0.717, 1.165) is 19.3 Å². The smallest absolute Gasteiger partial charge is 1.00 e. The van der Waals surface area contributed by atoms with Crippen LogP contribution in [0.15, 0.2) is 0 Å². The number of hydrogen-bond acceptors (Lipinski definition) is 1. The van der Waals surface area contributed by atoms with E-state index in [4.69, 9.17) is 0 Å². The van der Waals surface area contributed by atoms with E-state index in [1.807, 2.05) is 6.92 Å². The Labute approximate surface area is 96.9 Å². The maximum atomic E-state index is 10.8. The molecule has 0 aliphatic heterocycles. The first-order valence-corrected chi connectivity index (χ1v) is 3.97. The summed E-state index contributed by atoms with van der Waals surface area (Å²) in [5.74, 6) is 0. The molecular formula is C8H17BrMgO. The van der Waals surface area contributed by atoms with Gasteiger partial charge in [-0.05, 0) is 0 Å². The van der Waals surface area contributed by atoms with Crippen molar-refractivity contribution in [2.45, 2.75) is 52.1 Å². The third kappa shape index (κ3) is 14.1. The molecule has 0 N–H and O–H groups in total. The number of rotatable bonds is 5. The molecule has 1 atom stereocenters. The van der Waals surface area contributed by atoms with Crippen molar-refractivity contribution in [3.8, 4) is 0 Å². The Morgan fingerprint density at radius 1 is 1.18 bits per heavy atom. The molecule has 0 spiro atoms. The van der Waals surface area contributed by atoms with Crippen molar-refractivity contribution in [3.63, 3.8) is 0 Å². The normalized spacial score (nSPS) is 11.2. The molecule has 0 amide bonds. The van der Waals surface area contributed by atoms with Crippen LogP contribution in [0.4, 0.5) is 0 Å². The van der Waals surface area contributed by atoms with E-state index in [2.05, 4.69) is 6.92 Å². The Morgan fingerprint density at radius 3 is 2.09 bits per heavy atom. The van der Waals surface area contributed by atoms with Crippen molar-refractivity contribution >= 4 is 23.1 Å². The summed E-state index contributed by atoms with van der Waals surface area (Å²) in [6.07, 6.45) is 4.94. The van der Waals surface area contributed by atoms with Gasteiger partial charge < -0.3 is 22.1 Å². The molecular weight excluding hydrogens is 216 g/mol. The molecule has 3 heteroatoms. The Hall–Kier alpha value is 1.21. The number of halogens is 1. The topological polar surface area (TPSA) is 23.1 Å². The average Bonchev–Trinajstić information content (AvgIpc) is 1.89. The summed E-state index contributed by atoms with van der Waals surface area (Å²) >= 11 is 0. The van der Waals surface area contributed by atoms with Gasteiger partial charge in [0.25, 0.3) is 0 Å². The van der Waals surface area contributed by atoms with Crippen LogP contribution in [0.5, 0.6) is 0 Å². The van der Waals surface area contributed by atoms with Crippen molar-refractivity contribution in [1.82, 2.24) is 0 Å². The predicted molar refractivity (Wildman–Crippen MR) is 44.0 cm³/mol. The molecule has 0 aromatic heterocycles. The van der Waals surface area contributed by atoms with E-state index in [-0.39, 0.29) is 46.1 Å². The van der Waals surface area contributed by atoms with Gasteiger partial charge in [0, 0.05) is 0 Å². The molecule has 0 bridgehead atoms. The zero-order valence-electron chi connectivity index (χ0n) is 7.61. The molecule has 0 saturated carbocycles. The van der Waals surface area contributed by atoms with Crippen LogP contribution in [0.3, 0.4) is 0 Å². The summed E-state index contributed by atoms with van der Waals surface area (Å²) in [5.41, 5.74) is 0. The standard InChI is InChI=1S/C8H17O.BrH.Mg/c1-3-5-6-7-8(9)4-2;;/h8H,3-7H2,1-2H3;1H;/q-1;;+2/p-1. The van der Waals surface area contributed by atoms with Gasteiger partial charge in [0.05, 0.1) is 0 Å². The third-order valence-corrected chi connectivity index (χ3v) is 1.58. The molecule has 0 saturated heterocycles. The summed E-state index contributed by atoms with van der Waals surface area (Å²) in [6, 6.07) is 0. The van der Waals surface area contributed by atoms with Crippen LogP contribution in [0, 0.1) is 0 Å². The van der Waals surface area contributed by atoms with Gasteiger partial charge in [-0.3, -0.25) is 0 Å². The Balaban J connectivity index is -0.000000320. The Kier molecular flexibility index (Phi) is 22.6. The maximum absolute atomic E-state index is 10.8. The molecule has 11 heavy (non-hydrogen) atoms. The molecule has 1 unspecified atom stereocenters. The molecule has 64 valence electrons. The number of hydrogen-bond donors (Lipinski definition) is 0. The zero-order chi connectivity index (χ0) is 7.11. The second kappa shape index (κ2) is 13.8. The van der Waals surface area contributed by atoms with Gasteiger partial charge in [0.1, 0.15) is 0 Å². The van der Waals surface area contributed by atoms with Crippen LogP contribution in [0.1, 0.15) is 46.0 Å². The van der Waals surface area contributed by atoms with Gasteiger partial charge in [-0.1, -0.05) is 46.0 Å². The Bertz CT molecular complexity index is 62.1. The van der Waals surface area contributed by atoms with E-state index in [9.17, 15) is 5.11 Å². The summed E-state index contributed by atoms with van der Waals surface area (Å²) in [5, 5.41) is 10.8. The maximum Gasteiger partial charge on any atom is 2.00 e. The fourth-order valence-corrected chi connectivity index (χ4v) is 0.826. The van der Waals surface area contributed by atoms with Crippen LogP contribution in [-0.4, -0.2) is 29.2 Å². The average molecular weight is 233 g/mol. The van der Waals surface area contributed by atoms with Crippen molar-refractivity contribution in [2.75, 3.05) is 0 Å². The summed E-state index contributed by atoms with van der Waals surface area (Å²) in [7, 11) is 0. The molecule has 0 aromatic carbocycles. The largest absolute Gasteiger partial charge is 2.00 e. The minimum absolute atomic E-state index is 0. The predicted octanol–water partition coefficient (Wildman–Crippen LogP) is -1.67. The summed E-state index contributed by atoms with van der Waals surface area (Å²) in [4.78, 5) is 0. The molecule has 0 aliphatic carbocycles. The molecule has 0 fully saturated rings. The zero-order valence-corrected chi connectivity index (χ0v) is 10.6. The monoisotopic (exact) mass is 232 g/mol. The van der Waals surface area contributed by atoms with Crippen molar-refractivity contribution in [3.05, 3.63) is 0 Å². The molecule has 1 nitrogen and oxygen atoms in total. The van der Waals surface area contributed by atoms with Crippen molar-refractivity contribution in [1.29, 1.82) is 0 Å². The van der Waals surface area contributed by atoms with Gasteiger partial charge in [-0.25, -0.2) is 0 Å². The fourth-order valence-electron chi connectivity index (χ4n) is 0.826. The van der Waals surface area contributed by atoms with E-state index >= 15 is 0 Å². The molecule has 0 heterocycles. The minimum atomic E-state index is -0.295. The molecule has 0 radical (unpaired) electrons. The van der Waals surface area contributed by atoms with E-state index in [0.29, 0.717) is 0 Å². The second-order valence-electron chi connectivity index (χ2n) is 2.53. The summed E-state index contributed by atoms with van der Waals surface area (Å²) in [6.45, 7) is 4.12. The van der Waals surface area contributed by atoms with E-state index < -0.39 is 0 Å². The first kappa shape index (κ1) is 18.1. The van der Waals surface area contributed by atoms with Gasteiger partial charge in [-0.2, -0.15) is 0 Å². The van der Waals surface area contributed by atoms with Crippen LogP contribution < -0.4 is 22.1 Å². The summed E-state index contributed by atoms with van der Waals surface area (Å²) < 4.78 is 0. The molecule has 0 aliphatic rings. The van der Waals surface area contributed by atoms with Gasteiger partial charge in [0.15, 0.2) is 0 Å². The van der Waals surface area contributed by atoms with Crippen LogP contribution in [0.25, 0.3) is 0 Å². The SMILES string of the molecule is CCCCCC([O-])CC.[Br-].[Mg+2]. The van der Waals surface area contributed by atoms with Crippen LogP contribution >= 0.6 is 0 Å². The van der Waals surface area contributed by atoms with Gasteiger partial charge in [0.2, 0.25) is 0 Å². The van der Waals surface area contributed by atoms with Gasteiger partial charge >= 0.3 is 23.1 Å². The molecule has 0 rings (SSSR count). The van der Waals surface area contributed by atoms with Crippen molar-refractivity contribution < 1.29 is 22.1 Å². The second-order valence-corrected chi connectivity index (χ2v) is 2.53. The van der Waals surface area contributed by atoms with E-state index in [1.54, 1.807) is 0 Å². The first-order valence-electron chi connectivity index (χ1n) is 3.97. The first-order chi connectivity index (χ1) is 4.31. The Morgan fingerprint density at radius 2 is 1.73 bits per heavy atom.